The molecule has 0 aliphatic carbocycles. The third kappa shape index (κ3) is 4.32. The predicted octanol–water partition coefficient (Wildman–Crippen LogP) is 3.42. The molecular formula is C15H25NO2S. The van der Waals surface area contributed by atoms with Gasteiger partial charge in [-0.25, -0.2) is 8.42 Å². The maximum Gasteiger partial charge on any atom is 0.219 e. The Kier molecular flexibility index (Phi) is 4.47. The van der Waals surface area contributed by atoms with E-state index in [0.29, 0.717) is 0 Å². The molecular weight excluding hydrogens is 258 g/mol. The van der Waals surface area contributed by atoms with Crippen LogP contribution in [0.1, 0.15) is 47.1 Å². The van der Waals surface area contributed by atoms with Crippen LogP contribution in [0.15, 0.2) is 30.3 Å². The van der Waals surface area contributed by atoms with Gasteiger partial charge in [-0.05, 0) is 47.1 Å². The van der Waals surface area contributed by atoms with Crippen LogP contribution in [0, 0.1) is 0 Å². The molecule has 0 heterocycles. The summed E-state index contributed by atoms with van der Waals surface area (Å²) in [4.78, 5) is 0. The molecule has 0 fully saturated rings. The molecule has 4 heteroatoms. The van der Waals surface area contributed by atoms with Crippen LogP contribution in [0.2, 0.25) is 0 Å². The molecule has 3 nitrogen and oxygen atoms in total. The summed E-state index contributed by atoms with van der Waals surface area (Å²) in [6, 6.07) is 9.32. The Labute approximate surface area is 117 Å². The Morgan fingerprint density at radius 1 is 0.895 bits per heavy atom. The second kappa shape index (κ2) is 5.25. The molecule has 0 radical (unpaired) electrons. The molecule has 0 saturated carbocycles. The molecule has 0 atom stereocenters. The summed E-state index contributed by atoms with van der Waals surface area (Å²) in [6.07, 6.45) is 0. The van der Waals surface area contributed by atoms with Gasteiger partial charge in [0, 0.05) is 11.1 Å². The first kappa shape index (κ1) is 16.2. The van der Waals surface area contributed by atoms with E-state index in [2.05, 4.69) is 0 Å². The largest absolute Gasteiger partial charge is 0.219 e. The zero-order chi connectivity index (χ0) is 14.9. The highest BCUT2D eigenvalue weighted by atomic mass is 32.2. The summed E-state index contributed by atoms with van der Waals surface area (Å²) in [7, 11) is -3.36. The summed E-state index contributed by atoms with van der Waals surface area (Å²) in [5, 5.41) is 0. The van der Waals surface area contributed by atoms with Crippen LogP contribution in [-0.4, -0.2) is 23.8 Å². The normalized spacial score (nSPS) is 13.8. The highest BCUT2D eigenvalue weighted by molar-refractivity contribution is 7.88. The maximum absolute atomic E-state index is 12.7. The summed E-state index contributed by atoms with van der Waals surface area (Å²) in [5.41, 5.74) is -0.0569. The van der Waals surface area contributed by atoms with E-state index in [-0.39, 0.29) is 5.75 Å². The molecule has 0 aliphatic heterocycles. The quantitative estimate of drug-likeness (QED) is 0.852. The molecule has 0 bridgehead atoms. The molecule has 0 N–H and O–H groups in total. The lowest BCUT2D eigenvalue weighted by atomic mass is 10.0. The van der Waals surface area contributed by atoms with E-state index in [4.69, 9.17) is 0 Å². The fraction of sp³-hybridized carbons (Fsp3) is 0.600. The van der Waals surface area contributed by atoms with Crippen molar-refractivity contribution in [1.29, 1.82) is 0 Å². The highest BCUT2D eigenvalue weighted by Crippen LogP contribution is 2.30. The van der Waals surface area contributed by atoms with E-state index in [1.54, 1.807) is 4.31 Å². The first-order chi connectivity index (χ1) is 8.44. The Balaban J connectivity index is 3.16. The second-order valence-corrected chi connectivity index (χ2v) is 8.67. The van der Waals surface area contributed by atoms with Crippen LogP contribution in [0.5, 0.6) is 0 Å². The van der Waals surface area contributed by atoms with Gasteiger partial charge in [-0.3, -0.25) is 0 Å². The van der Waals surface area contributed by atoms with Crippen molar-refractivity contribution in [3.8, 4) is 0 Å². The van der Waals surface area contributed by atoms with Crippen LogP contribution < -0.4 is 0 Å². The summed E-state index contributed by atoms with van der Waals surface area (Å²) < 4.78 is 27.0. The third-order valence-electron chi connectivity index (χ3n) is 2.69. The van der Waals surface area contributed by atoms with E-state index in [0.717, 1.165) is 5.56 Å². The van der Waals surface area contributed by atoms with Crippen LogP contribution in [0.3, 0.4) is 0 Å². The molecule has 1 aromatic rings. The average Bonchev–Trinajstić information content (AvgIpc) is 2.11. The molecule has 1 rings (SSSR count). The van der Waals surface area contributed by atoms with Gasteiger partial charge < -0.3 is 0 Å². The number of rotatable bonds is 3. The molecule has 0 unspecified atom stereocenters. The monoisotopic (exact) mass is 283 g/mol. The predicted molar refractivity (Wildman–Crippen MR) is 80.4 cm³/mol. The van der Waals surface area contributed by atoms with Crippen LogP contribution in [0.4, 0.5) is 0 Å². The first-order valence-corrected chi connectivity index (χ1v) is 8.13. The average molecular weight is 283 g/mol. The van der Waals surface area contributed by atoms with E-state index in [9.17, 15) is 8.42 Å². The molecule has 0 amide bonds. The molecule has 0 aromatic heterocycles. The fourth-order valence-electron chi connectivity index (χ4n) is 2.69. The van der Waals surface area contributed by atoms with Gasteiger partial charge in [0.15, 0.2) is 0 Å². The minimum atomic E-state index is -3.36. The van der Waals surface area contributed by atoms with Crippen molar-refractivity contribution in [1.82, 2.24) is 4.31 Å². The van der Waals surface area contributed by atoms with Crippen molar-refractivity contribution in [2.45, 2.75) is 58.4 Å². The topological polar surface area (TPSA) is 37.4 Å². The molecule has 19 heavy (non-hydrogen) atoms. The number of hydrogen-bond donors (Lipinski definition) is 0. The minimum Gasteiger partial charge on any atom is -0.212 e. The Morgan fingerprint density at radius 2 is 1.32 bits per heavy atom. The van der Waals surface area contributed by atoms with Gasteiger partial charge in [-0.2, -0.15) is 4.31 Å². The van der Waals surface area contributed by atoms with Crippen molar-refractivity contribution in [3.63, 3.8) is 0 Å². The molecule has 0 spiro atoms. The first-order valence-electron chi connectivity index (χ1n) is 6.52. The lowest BCUT2D eigenvalue weighted by Crippen LogP contribution is -2.55. The van der Waals surface area contributed by atoms with Crippen molar-refractivity contribution < 1.29 is 8.42 Å². The Morgan fingerprint density at radius 3 is 1.68 bits per heavy atom. The SMILES string of the molecule is CC(C)(C)N(C(C)(C)C)S(=O)(=O)Cc1ccccc1. The zero-order valence-corrected chi connectivity index (χ0v) is 13.6. The lowest BCUT2D eigenvalue weighted by molar-refractivity contribution is 0.139. The van der Waals surface area contributed by atoms with Gasteiger partial charge in [-0.15, -0.1) is 0 Å². The van der Waals surface area contributed by atoms with Crippen molar-refractivity contribution >= 4 is 10.0 Å². The van der Waals surface area contributed by atoms with Gasteiger partial charge in [0.1, 0.15) is 0 Å². The van der Waals surface area contributed by atoms with Crippen molar-refractivity contribution in [3.05, 3.63) is 35.9 Å². The van der Waals surface area contributed by atoms with Gasteiger partial charge in [0.05, 0.1) is 5.75 Å². The second-order valence-electron chi connectivity index (χ2n) is 6.85. The standard InChI is InChI=1S/C15H25NO2S/c1-14(2,3)16(15(4,5)6)19(17,18)12-13-10-8-7-9-11-13/h7-11H,12H2,1-6H3. The van der Waals surface area contributed by atoms with E-state index in [1.165, 1.54) is 0 Å². The Hall–Kier alpha value is -0.870. The molecule has 0 aliphatic rings. The van der Waals surface area contributed by atoms with Crippen LogP contribution in [-0.2, 0) is 15.8 Å². The van der Waals surface area contributed by atoms with Gasteiger partial charge >= 0.3 is 0 Å². The molecule has 0 saturated heterocycles. The highest BCUT2D eigenvalue weighted by Gasteiger charge is 2.40. The zero-order valence-electron chi connectivity index (χ0n) is 12.8. The van der Waals surface area contributed by atoms with Gasteiger partial charge in [-0.1, -0.05) is 30.3 Å². The van der Waals surface area contributed by atoms with Crippen LogP contribution in [0.25, 0.3) is 0 Å². The summed E-state index contributed by atoms with van der Waals surface area (Å²) in [6.45, 7) is 11.6. The van der Waals surface area contributed by atoms with Crippen molar-refractivity contribution in [2.75, 3.05) is 0 Å². The lowest BCUT2D eigenvalue weighted by Gasteiger charge is -2.43. The summed E-state index contributed by atoms with van der Waals surface area (Å²) in [5.74, 6) is 0.0440. The van der Waals surface area contributed by atoms with E-state index in [1.807, 2.05) is 71.9 Å². The minimum absolute atomic E-state index is 0.0440. The van der Waals surface area contributed by atoms with Gasteiger partial charge in [0.2, 0.25) is 10.0 Å². The molecule has 108 valence electrons. The fourth-order valence-corrected chi connectivity index (χ4v) is 5.10. The number of benzene rings is 1. The van der Waals surface area contributed by atoms with Crippen LogP contribution >= 0.6 is 0 Å². The van der Waals surface area contributed by atoms with E-state index < -0.39 is 21.1 Å². The number of sulfonamides is 1. The third-order valence-corrected chi connectivity index (χ3v) is 5.04. The van der Waals surface area contributed by atoms with Crippen molar-refractivity contribution in [2.24, 2.45) is 0 Å². The maximum atomic E-state index is 12.7. The number of nitrogens with zero attached hydrogens (tertiary/aromatic N) is 1. The Bertz CT molecular complexity index is 493. The molecule has 1 aromatic carbocycles. The summed E-state index contributed by atoms with van der Waals surface area (Å²) >= 11 is 0. The van der Waals surface area contributed by atoms with Gasteiger partial charge in [0.25, 0.3) is 0 Å². The van der Waals surface area contributed by atoms with E-state index >= 15 is 0 Å². The number of hydrogen-bond acceptors (Lipinski definition) is 2. The smallest absolute Gasteiger partial charge is 0.212 e.